The number of carbonyl (C=O) groups is 2. The normalized spacial score (nSPS) is 14.7. The van der Waals surface area contributed by atoms with Crippen molar-refractivity contribution in [1.82, 2.24) is 15.5 Å². The van der Waals surface area contributed by atoms with Gasteiger partial charge >= 0.3 is 0 Å². The van der Waals surface area contributed by atoms with E-state index in [1.807, 2.05) is 19.2 Å². The molecule has 2 bridgehead atoms. The van der Waals surface area contributed by atoms with Gasteiger partial charge in [-0.05, 0) is 55.3 Å². The summed E-state index contributed by atoms with van der Waals surface area (Å²) in [6, 6.07) is 13.0. The second kappa shape index (κ2) is 16.6. The first-order valence-electron chi connectivity index (χ1n) is 13.3. The van der Waals surface area contributed by atoms with Crippen LogP contribution in [0.1, 0.15) is 43.0 Å². The third-order valence-corrected chi connectivity index (χ3v) is 6.66. The molecule has 3 aromatic rings. The fourth-order valence-electron chi connectivity index (χ4n) is 4.38. The van der Waals surface area contributed by atoms with Crippen molar-refractivity contribution in [2.24, 2.45) is 16.8 Å². The van der Waals surface area contributed by atoms with Gasteiger partial charge in [-0.3, -0.25) is 14.6 Å². The molecule has 2 aromatic carbocycles. The Morgan fingerprint density at radius 3 is 2.76 bits per heavy atom. The maximum absolute atomic E-state index is 13.0. The Balaban J connectivity index is 0.00000114. The van der Waals surface area contributed by atoms with E-state index < -0.39 is 0 Å². The van der Waals surface area contributed by atoms with Crippen LogP contribution in [0.15, 0.2) is 59.8 Å². The lowest BCUT2D eigenvalue weighted by atomic mass is 9.99. The molecule has 12 nitrogen and oxygen atoms in total. The first kappa shape index (κ1) is 31.8. The van der Waals surface area contributed by atoms with E-state index in [4.69, 9.17) is 28.1 Å². The van der Waals surface area contributed by atoms with E-state index >= 15 is 0 Å². The van der Waals surface area contributed by atoms with Gasteiger partial charge in [-0.2, -0.15) is 15.3 Å². The Morgan fingerprint density at radius 1 is 1.21 bits per heavy atom. The number of anilines is 3. The number of aromatic nitrogens is 2. The molecule has 0 aliphatic carbocycles. The predicted octanol–water partition coefficient (Wildman–Crippen LogP) is 4.07. The number of benzene rings is 2. The number of nitrogens with zero attached hydrogens (tertiary/aromatic N) is 4. The lowest BCUT2D eigenvalue weighted by Gasteiger charge is -2.20. The van der Waals surface area contributed by atoms with Crippen LogP contribution in [0.4, 0.5) is 17.1 Å². The molecule has 1 amide bonds. The van der Waals surface area contributed by atoms with Gasteiger partial charge in [-0.25, -0.2) is 5.84 Å². The molecule has 1 atom stereocenters. The molecular formula is C29H36ClN9O3. The molecule has 1 aliphatic heterocycles. The molecule has 2 heterocycles. The summed E-state index contributed by atoms with van der Waals surface area (Å²) in [5.74, 6) is 10.9. The summed E-state index contributed by atoms with van der Waals surface area (Å²) in [5, 5.41) is 23.7. The van der Waals surface area contributed by atoms with Crippen LogP contribution in [0.2, 0.25) is 5.02 Å². The van der Waals surface area contributed by atoms with Gasteiger partial charge in [-0.1, -0.05) is 30.5 Å². The van der Waals surface area contributed by atoms with Crippen LogP contribution in [-0.2, 0) is 14.3 Å². The van der Waals surface area contributed by atoms with Gasteiger partial charge in [0.1, 0.15) is 6.34 Å². The van der Waals surface area contributed by atoms with E-state index in [0.29, 0.717) is 28.4 Å². The van der Waals surface area contributed by atoms with Gasteiger partial charge in [-0.15, -0.1) is 0 Å². The van der Waals surface area contributed by atoms with Gasteiger partial charge in [0, 0.05) is 52.8 Å². The lowest BCUT2D eigenvalue weighted by Crippen LogP contribution is -2.30. The molecule has 1 aliphatic rings. The average molecular weight is 594 g/mol. The Morgan fingerprint density at radius 2 is 2.02 bits per heavy atom. The minimum absolute atomic E-state index is 0.267. The molecule has 4 rings (SSSR count). The van der Waals surface area contributed by atoms with E-state index in [0.717, 1.165) is 54.7 Å². The van der Waals surface area contributed by atoms with Gasteiger partial charge in [0.05, 0.1) is 30.7 Å². The average Bonchev–Trinajstić information content (AvgIpc) is 3.00. The number of nitrogens with two attached hydrogens (primary N) is 2. The van der Waals surface area contributed by atoms with Crippen LogP contribution >= 0.6 is 11.6 Å². The minimum Gasteiger partial charge on any atom is -0.471 e. The van der Waals surface area contributed by atoms with Crippen molar-refractivity contribution in [3.8, 4) is 11.1 Å². The first-order chi connectivity index (χ1) is 20.4. The highest BCUT2D eigenvalue weighted by Gasteiger charge is 2.18. The number of nitrogens with one attached hydrogen (secondary N) is 3. The number of halogens is 1. The molecule has 1 unspecified atom stereocenters. The number of hydrogen-bond acceptors (Lipinski definition) is 10. The molecule has 222 valence electrons. The number of amides is 1. The topological polar surface area (TPSA) is 173 Å². The molecule has 0 fully saturated rings. The van der Waals surface area contributed by atoms with Crippen LogP contribution in [0.5, 0.6) is 0 Å². The fourth-order valence-corrected chi connectivity index (χ4v) is 4.56. The number of hydrazine groups is 1. The first-order valence-corrected chi connectivity index (χ1v) is 13.7. The SMILES string of the molecule is CNc1ccc2c(c1)NCCCCCC(NC(=O)/C=C/c1cc(Cl)ccc1N(N)/C=N\N)c1cc-2cnn1.COC=O. The van der Waals surface area contributed by atoms with E-state index in [1.165, 1.54) is 24.5 Å². The minimum atomic E-state index is -0.291. The summed E-state index contributed by atoms with van der Waals surface area (Å²) in [5.41, 5.74) is 5.97. The molecule has 0 saturated carbocycles. The van der Waals surface area contributed by atoms with E-state index in [2.05, 4.69) is 48.1 Å². The summed E-state index contributed by atoms with van der Waals surface area (Å²) in [6.45, 7) is 1.24. The van der Waals surface area contributed by atoms with Crippen LogP contribution in [0, 0.1) is 0 Å². The van der Waals surface area contributed by atoms with Gasteiger partial charge in [0.2, 0.25) is 5.91 Å². The number of methoxy groups -OCH3 is 1. The second-order valence-electron chi connectivity index (χ2n) is 9.26. The molecule has 13 heteroatoms. The van der Waals surface area contributed by atoms with Gasteiger partial charge in [0.25, 0.3) is 6.47 Å². The van der Waals surface area contributed by atoms with Crippen molar-refractivity contribution < 1.29 is 14.3 Å². The van der Waals surface area contributed by atoms with Crippen LogP contribution in [0.25, 0.3) is 17.2 Å². The Labute approximate surface area is 250 Å². The number of fused-ring (bicyclic) bond motifs is 4. The number of carbonyl (C=O) groups excluding carboxylic acids is 2. The molecule has 1 aromatic heterocycles. The van der Waals surface area contributed by atoms with Crippen molar-refractivity contribution in [3.63, 3.8) is 0 Å². The zero-order chi connectivity index (χ0) is 30.3. The third-order valence-electron chi connectivity index (χ3n) is 6.42. The summed E-state index contributed by atoms with van der Waals surface area (Å²) in [4.78, 5) is 22.0. The van der Waals surface area contributed by atoms with E-state index in [1.54, 1.807) is 30.5 Å². The van der Waals surface area contributed by atoms with Crippen molar-refractivity contribution in [2.45, 2.75) is 31.7 Å². The number of rotatable bonds is 7. The highest BCUT2D eigenvalue weighted by atomic mass is 35.5. The van der Waals surface area contributed by atoms with Crippen LogP contribution < -0.4 is 32.6 Å². The third kappa shape index (κ3) is 9.18. The maximum atomic E-state index is 13.0. The quantitative estimate of drug-likeness (QED) is 0.0671. The predicted molar refractivity (Wildman–Crippen MR) is 168 cm³/mol. The highest BCUT2D eigenvalue weighted by Crippen LogP contribution is 2.32. The number of hydrazone groups is 1. The van der Waals surface area contributed by atoms with E-state index in [9.17, 15) is 4.79 Å². The van der Waals surface area contributed by atoms with Crippen molar-refractivity contribution in [2.75, 3.05) is 36.3 Å². The molecule has 0 spiro atoms. The van der Waals surface area contributed by atoms with Crippen molar-refractivity contribution in [3.05, 3.63) is 71.0 Å². The second-order valence-corrected chi connectivity index (χ2v) is 9.69. The molecule has 42 heavy (non-hydrogen) atoms. The number of hydrogen-bond donors (Lipinski definition) is 5. The monoisotopic (exact) mass is 593 g/mol. The highest BCUT2D eigenvalue weighted by molar-refractivity contribution is 6.30. The molecular weight excluding hydrogens is 558 g/mol. The summed E-state index contributed by atoms with van der Waals surface area (Å²) in [7, 11) is 3.21. The molecule has 0 radical (unpaired) electrons. The lowest BCUT2D eigenvalue weighted by molar-refractivity contribution is -0.126. The zero-order valence-corrected chi connectivity index (χ0v) is 24.3. The Bertz CT molecular complexity index is 1400. The van der Waals surface area contributed by atoms with Crippen LogP contribution in [0.3, 0.4) is 0 Å². The van der Waals surface area contributed by atoms with Gasteiger partial charge < -0.3 is 26.5 Å². The summed E-state index contributed by atoms with van der Waals surface area (Å²) in [6.07, 6.45) is 9.84. The smallest absolute Gasteiger partial charge is 0.292 e. The molecule has 7 N–H and O–H groups in total. The standard InChI is InChI=1S/C27H32ClN9O.C2H4O2/c1-31-21-8-9-22-19-14-25(36-34-16-19)23(5-3-2-4-12-32-24(22)15-21)35-27(38)11-6-18-13-20(28)7-10-26(18)37(30)17-33-29;1-4-2-3/h6-11,13-17,23,31-32H,2-5,12,29-30H2,1H3,(H,35,38);2H,1H3/b11-6+,33-17-;. The summed E-state index contributed by atoms with van der Waals surface area (Å²) >= 11 is 6.17. The Hall–Kier alpha value is -4.68. The van der Waals surface area contributed by atoms with Crippen molar-refractivity contribution >= 4 is 53.5 Å². The number of ether oxygens (including phenoxy) is 1. The molecule has 0 saturated heterocycles. The van der Waals surface area contributed by atoms with Gasteiger partial charge in [0.15, 0.2) is 0 Å². The summed E-state index contributed by atoms with van der Waals surface area (Å²) < 4.78 is 3.86. The maximum Gasteiger partial charge on any atom is 0.292 e. The largest absolute Gasteiger partial charge is 0.471 e. The van der Waals surface area contributed by atoms with Crippen LogP contribution in [-0.4, -0.2) is 49.6 Å². The van der Waals surface area contributed by atoms with E-state index in [-0.39, 0.29) is 11.9 Å². The fraction of sp³-hybridized carbons (Fsp3) is 0.276. The zero-order valence-electron chi connectivity index (χ0n) is 23.6. The Kier molecular flexibility index (Phi) is 12.5. The van der Waals surface area contributed by atoms with Crippen molar-refractivity contribution in [1.29, 1.82) is 0 Å².